The molecule has 76 valence electrons. The predicted octanol–water partition coefficient (Wildman–Crippen LogP) is 1.84. The molecule has 1 N–H and O–H groups in total. The maximum atomic E-state index is 10.9. The molecular formula is C9H16O3S. The Hall–Kier alpha value is -0.0900. The van der Waals surface area contributed by atoms with E-state index >= 15 is 0 Å². The third kappa shape index (κ3) is 1.62. The van der Waals surface area contributed by atoms with Gasteiger partial charge in [0, 0.05) is 0 Å². The van der Waals surface area contributed by atoms with Crippen LogP contribution >= 0.6 is 0 Å². The Morgan fingerprint density at radius 3 is 2.23 bits per heavy atom. The van der Waals surface area contributed by atoms with Gasteiger partial charge in [0.25, 0.3) is 10.1 Å². The van der Waals surface area contributed by atoms with E-state index in [1.165, 1.54) is 0 Å². The first-order valence-corrected chi connectivity index (χ1v) is 6.41. The third-order valence-electron chi connectivity index (χ3n) is 3.74. The highest BCUT2D eigenvalue weighted by molar-refractivity contribution is 7.86. The van der Waals surface area contributed by atoms with Crippen molar-refractivity contribution in [2.24, 2.45) is 11.3 Å². The minimum absolute atomic E-state index is 0.0277. The van der Waals surface area contributed by atoms with Crippen LogP contribution in [0.2, 0.25) is 0 Å². The molecule has 0 aromatic rings. The molecule has 0 aromatic heterocycles. The maximum Gasteiger partial charge on any atom is 0.268 e. The van der Waals surface area contributed by atoms with Crippen molar-refractivity contribution in [1.82, 2.24) is 0 Å². The first-order valence-electron chi connectivity index (χ1n) is 4.90. The van der Waals surface area contributed by atoms with Gasteiger partial charge in [-0.25, -0.2) is 0 Å². The van der Waals surface area contributed by atoms with Gasteiger partial charge >= 0.3 is 0 Å². The van der Waals surface area contributed by atoms with Crippen LogP contribution in [0, 0.1) is 11.3 Å². The van der Waals surface area contributed by atoms with Crippen molar-refractivity contribution in [3.8, 4) is 0 Å². The van der Waals surface area contributed by atoms with Crippen molar-refractivity contribution in [2.75, 3.05) is 0 Å². The highest BCUT2D eigenvalue weighted by Crippen LogP contribution is 2.60. The highest BCUT2D eigenvalue weighted by atomic mass is 32.2. The zero-order chi connectivity index (χ0) is 9.69. The monoisotopic (exact) mass is 204 g/mol. The van der Waals surface area contributed by atoms with Crippen LogP contribution < -0.4 is 0 Å². The summed E-state index contributed by atoms with van der Waals surface area (Å²) in [6, 6.07) is 0. The van der Waals surface area contributed by atoms with Gasteiger partial charge in [0.1, 0.15) is 0 Å². The van der Waals surface area contributed by atoms with Gasteiger partial charge in [-0.1, -0.05) is 19.8 Å². The van der Waals surface area contributed by atoms with Crippen molar-refractivity contribution < 1.29 is 13.0 Å². The van der Waals surface area contributed by atoms with Crippen LogP contribution in [-0.4, -0.2) is 18.2 Å². The van der Waals surface area contributed by atoms with Gasteiger partial charge in [0.15, 0.2) is 0 Å². The molecule has 0 radical (unpaired) electrons. The molecule has 1 unspecified atom stereocenters. The lowest BCUT2D eigenvalue weighted by atomic mass is 9.81. The van der Waals surface area contributed by atoms with Gasteiger partial charge in [-0.15, -0.1) is 0 Å². The molecule has 2 saturated carbocycles. The Balaban J connectivity index is 2.04. The number of hydrogen-bond donors (Lipinski definition) is 1. The quantitative estimate of drug-likeness (QED) is 0.663. The molecule has 4 heteroatoms. The highest BCUT2D eigenvalue weighted by Gasteiger charge is 2.60. The van der Waals surface area contributed by atoms with Crippen molar-refractivity contribution in [3.05, 3.63) is 0 Å². The van der Waals surface area contributed by atoms with E-state index in [4.69, 9.17) is 4.55 Å². The number of rotatable bonds is 1. The molecular weight excluding hydrogens is 188 g/mol. The van der Waals surface area contributed by atoms with Crippen molar-refractivity contribution in [2.45, 2.75) is 44.3 Å². The first-order chi connectivity index (χ1) is 5.94. The summed E-state index contributed by atoms with van der Waals surface area (Å²) in [5.74, 6) is 0.730. The van der Waals surface area contributed by atoms with Crippen LogP contribution in [0.3, 0.4) is 0 Å². The molecule has 0 amide bonds. The minimum atomic E-state index is -3.76. The average Bonchev–Trinajstić information content (AvgIpc) is 2.71. The molecule has 0 aliphatic heterocycles. The Kier molecular flexibility index (Phi) is 1.97. The summed E-state index contributed by atoms with van der Waals surface area (Å²) >= 11 is 0. The lowest BCUT2D eigenvalue weighted by Gasteiger charge is -2.26. The molecule has 0 bridgehead atoms. The van der Waals surface area contributed by atoms with Crippen LogP contribution in [0.15, 0.2) is 0 Å². The van der Waals surface area contributed by atoms with Crippen molar-refractivity contribution in [1.29, 1.82) is 0 Å². The van der Waals surface area contributed by atoms with E-state index in [1.807, 2.05) is 0 Å². The molecule has 13 heavy (non-hydrogen) atoms. The Labute approximate surface area is 79.3 Å². The van der Waals surface area contributed by atoms with E-state index in [0.29, 0.717) is 6.42 Å². The van der Waals surface area contributed by atoms with Crippen LogP contribution in [-0.2, 0) is 10.1 Å². The smallest absolute Gasteiger partial charge is 0.268 e. The molecule has 0 aromatic carbocycles. The summed E-state index contributed by atoms with van der Waals surface area (Å²) in [6.07, 6.45) is 4.90. The van der Waals surface area contributed by atoms with Crippen LogP contribution in [0.25, 0.3) is 0 Å². The van der Waals surface area contributed by atoms with Crippen molar-refractivity contribution >= 4 is 10.1 Å². The van der Waals surface area contributed by atoms with Gasteiger partial charge < -0.3 is 0 Å². The second kappa shape index (κ2) is 2.70. The second-order valence-corrected chi connectivity index (χ2v) is 6.35. The first kappa shape index (κ1) is 9.46. The van der Waals surface area contributed by atoms with E-state index in [-0.39, 0.29) is 5.41 Å². The van der Waals surface area contributed by atoms with Gasteiger partial charge in [-0.2, -0.15) is 8.42 Å². The second-order valence-electron chi connectivity index (χ2n) is 4.75. The lowest BCUT2D eigenvalue weighted by Crippen LogP contribution is -2.20. The zero-order valence-electron chi connectivity index (χ0n) is 7.86. The van der Waals surface area contributed by atoms with Gasteiger partial charge in [-0.05, 0) is 30.6 Å². The van der Waals surface area contributed by atoms with Crippen LogP contribution in [0.5, 0.6) is 0 Å². The Bertz CT molecular complexity index is 299. The fourth-order valence-electron chi connectivity index (χ4n) is 2.59. The predicted molar refractivity (Wildman–Crippen MR) is 50.0 cm³/mol. The largest absolute Gasteiger partial charge is 0.285 e. The summed E-state index contributed by atoms with van der Waals surface area (Å²) in [6.45, 7) is 2.21. The molecule has 2 rings (SSSR count). The van der Waals surface area contributed by atoms with Crippen LogP contribution in [0.1, 0.15) is 39.0 Å². The average molecular weight is 204 g/mol. The normalized spacial score (nSPS) is 45.1. The maximum absolute atomic E-state index is 10.9. The fourth-order valence-corrected chi connectivity index (χ4v) is 4.00. The molecule has 3 nitrogen and oxygen atoms in total. The Morgan fingerprint density at radius 1 is 1.31 bits per heavy atom. The van der Waals surface area contributed by atoms with E-state index in [9.17, 15) is 8.42 Å². The summed E-state index contributed by atoms with van der Waals surface area (Å²) in [5.41, 5.74) is -0.0277. The molecule has 2 aliphatic carbocycles. The topological polar surface area (TPSA) is 54.4 Å². The third-order valence-corrected chi connectivity index (χ3v) is 5.13. The summed E-state index contributed by atoms with van der Waals surface area (Å²) < 4.78 is 30.7. The van der Waals surface area contributed by atoms with E-state index < -0.39 is 15.4 Å². The van der Waals surface area contributed by atoms with Gasteiger partial charge in [-0.3, -0.25) is 4.55 Å². The molecule has 2 aliphatic rings. The number of hydrogen-bond acceptors (Lipinski definition) is 2. The zero-order valence-corrected chi connectivity index (χ0v) is 8.68. The van der Waals surface area contributed by atoms with Gasteiger partial charge in [0.05, 0.1) is 5.25 Å². The lowest BCUT2D eigenvalue weighted by molar-refractivity contribution is 0.270. The van der Waals surface area contributed by atoms with Crippen LogP contribution in [0.4, 0.5) is 0 Å². The molecule has 0 heterocycles. The van der Waals surface area contributed by atoms with E-state index in [1.54, 1.807) is 0 Å². The molecule has 1 spiro atoms. The van der Waals surface area contributed by atoms with E-state index in [2.05, 4.69) is 6.92 Å². The summed E-state index contributed by atoms with van der Waals surface area (Å²) in [4.78, 5) is 0. The van der Waals surface area contributed by atoms with E-state index in [0.717, 1.165) is 31.6 Å². The molecule has 2 fully saturated rings. The Morgan fingerprint density at radius 2 is 1.85 bits per heavy atom. The van der Waals surface area contributed by atoms with Gasteiger partial charge in [0.2, 0.25) is 0 Å². The molecule has 1 atom stereocenters. The summed E-state index contributed by atoms with van der Waals surface area (Å²) in [5, 5.41) is -0.438. The SMILES string of the molecule is CC1CCC2(CC1)CC2S(=O)(=O)O. The molecule has 0 saturated heterocycles. The minimum Gasteiger partial charge on any atom is -0.285 e. The van der Waals surface area contributed by atoms with Crippen molar-refractivity contribution in [3.63, 3.8) is 0 Å². The standard InChI is InChI=1S/C9H16O3S/c1-7-2-4-9(5-3-7)6-8(9)13(10,11)12/h7-8H,2-6H2,1H3,(H,10,11,12). The fraction of sp³-hybridized carbons (Fsp3) is 1.00. The summed E-state index contributed by atoms with van der Waals surface area (Å²) in [7, 11) is -3.76.